The summed E-state index contributed by atoms with van der Waals surface area (Å²) < 4.78 is 30.9. The summed E-state index contributed by atoms with van der Waals surface area (Å²) in [7, 11) is 3.94. The number of H-pyrrole nitrogens is 2. The van der Waals surface area contributed by atoms with Crippen molar-refractivity contribution < 1.29 is 13.6 Å². The van der Waals surface area contributed by atoms with Crippen molar-refractivity contribution >= 4 is 39.3 Å². The maximum Gasteiger partial charge on any atom is 0.224 e. The zero-order chi connectivity index (χ0) is 32.6. The fraction of sp³-hybridized carbons (Fsp3) is 0.273. The molecule has 236 valence electrons. The first-order valence-corrected chi connectivity index (χ1v) is 14.8. The average Bonchev–Trinajstić information content (AvgIpc) is 3.61. The van der Waals surface area contributed by atoms with E-state index in [1.165, 1.54) is 30.7 Å². The normalized spacial score (nSPS) is 11.9. The molecule has 0 spiro atoms. The highest BCUT2D eigenvalue weighted by molar-refractivity contribution is 5.97. The number of anilines is 2. The van der Waals surface area contributed by atoms with Crippen LogP contribution in [0.25, 0.3) is 56.0 Å². The van der Waals surface area contributed by atoms with Crippen LogP contribution in [0.5, 0.6) is 0 Å². The van der Waals surface area contributed by atoms with E-state index in [0.717, 1.165) is 6.54 Å². The Labute approximate surface area is 263 Å². The number of benzene rings is 1. The Morgan fingerprint density at radius 3 is 2.57 bits per heavy atom. The molecule has 6 rings (SSSR count). The minimum atomic E-state index is -0.631. The molecule has 0 saturated carbocycles. The van der Waals surface area contributed by atoms with Crippen LogP contribution in [0, 0.1) is 17.0 Å². The second-order valence-corrected chi connectivity index (χ2v) is 12.6. The number of aromatic amines is 2. The van der Waals surface area contributed by atoms with Crippen LogP contribution in [0.2, 0.25) is 0 Å². The molecule has 0 aliphatic rings. The van der Waals surface area contributed by atoms with Crippen molar-refractivity contribution in [3.8, 4) is 33.9 Å². The smallest absolute Gasteiger partial charge is 0.224 e. The van der Waals surface area contributed by atoms with Crippen molar-refractivity contribution in [2.45, 2.75) is 27.2 Å². The highest BCUT2D eigenvalue weighted by atomic mass is 19.1. The number of fused-ring (bicyclic) bond motifs is 2. The van der Waals surface area contributed by atoms with E-state index in [-0.39, 0.29) is 33.9 Å². The number of hydrogen-bond acceptors (Lipinski definition) is 8. The lowest BCUT2D eigenvalue weighted by Crippen LogP contribution is -2.20. The van der Waals surface area contributed by atoms with E-state index in [9.17, 15) is 9.18 Å². The molecule has 1 amide bonds. The number of likely N-dealkylation sites (N-methyl/N-ethyl adjacent to an activating group) is 1. The van der Waals surface area contributed by atoms with E-state index >= 15 is 4.39 Å². The summed E-state index contributed by atoms with van der Waals surface area (Å²) >= 11 is 0. The van der Waals surface area contributed by atoms with E-state index in [4.69, 9.17) is 4.98 Å². The fourth-order valence-corrected chi connectivity index (χ4v) is 5.20. The number of carbonyl (C=O) groups is 1. The van der Waals surface area contributed by atoms with Gasteiger partial charge in [-0.2, -0.15) is 5.10 Å². The van der Waals surface area contributed by atoms with Crippen LogP contribution < -0.4 is 10.6 Å². The number of pyridine rings is 3. The van der Waals surface area contributed by atoms with Crippen LogP contribution in [-0.4, -0.2) is 73.1 Å². The average molecular weight is 625 g/mol. The molecule has 5 aromatic heterocycles. The third-order valence-corrected chi connectivity index (χ3v) is 7.24. The first-order chi connectivity index (χ1) is 21.9. The Hall–Kier alpha value is -5.30. The molecule has 0 aliphatic carbocycles. The highest BCUT2D eigenvalue weighted by Gasteiger charge is 2.22. The zero-order valence-electron chi connectivity index (χ0n) is 26.2. The number of nitrogens with one attached hydrogen (secondary N) is 4. The van der Waals surface area contributed by atoms with Gasteiger partial charge in [-0.1, -0.05) is 20.8 Å². The molecule has 11 nitrogen and oxygen atoms in total. The third kappa shape index (κ3) is 6.54. The van der Waals surface area contributed by atoms with Crippen LogP contribution in [0.15, 0.2) is 55.1 Å². The SMILES string of the molecule is CN(C)CCNc1cc(F)cc(-c2ccnc3[nH]c(-c4n[nH]c5cnc(-c6cncc(NC(=O)CC(C)(C)C)c6)c(F)c45)nc23)c1. The summed E-state index contributed by atoms with van der Waals surface area (Å²) in [5.74, 6) is -0.911. The predicted molar refractivity (Wildman–Crippen MR) is 175 cm³/mol. The Morgan fingerprint density at radius 1 is 0.978 bits per heavy atom. The number of nitrogens with zero attached hydrogens (tertiary/aromatic N) is 6. The monoisotopic (exact) mass is 624 g/mol. The lowest BCUT2D eigenvalue weighted by molar-refractivity contribution is -0.117. The number of aromatic nitrogens is 7. The molecule has 0 unspecified atom stereocenters. The summed E-state index contributed by atoms with van der Waals surface area (Å²) in [6.07, 6.45) is 6.39. The molecule has 5 heterocycles. The molecular formula is C33H34F2N10O. The van der Waals surface area contributed by atoms with E-state index in [0.29, 0.717) is 57.7 Å². The largest absolute Gasteiger partial charge is 0.384 e. The first kappa shape index (κ1) is 30.7. The Morgan fingerprint density at radius 2 is 1.78 bits per heavy atom. The third-order valence-electron chi connectivity index (χ3n) is 7.24. The topological polar surface area (TPSA) is 140 Å². The van der Waals surface area contributed by atoms with E-state index < -0.39 is 11.6 Å². The minimum Gasteiger partial charge on any atom is -0.384 e. The van der Waals surface area contributed by atoms with Crippen molar-refractivity contribution in [2.24, 2.45) is 5.41 Å². The molecule has 0 atom stereocenters. The second kappa shape index (κ2) is 12.2. The van der Waals surface area contributed by atoms with Gasteiger partial charge in [0.2, 0.25) is 5.91 Å². The number of imidazole rings is 1. The molecule has 46 heavy (non-hydrogen) atoms. The van der Waals surface area contributed by atoms with Crippen LogP contribution in [-0.2, 0) is 4.79 Å². The van der Waals surface area contributed by atoms with Crippen molar-refractivity contribution in [3.05, 3.63) is 66.8 Å². The number of rotatable bonds is 9. The van der Waals surface area contributed by atoms with E-state index in [2.05, 4.69) is 40.8 Å². The van der Waals surface area contributed by atoms with Gasteiger partial charge in [0.1, 0.15) is 22.7 Å². The van der Waals surface area contributed by atoms with Crippen molar-refractivity contribution in [1.82, 2.24) is 40.0 Å². The van der Waals surface area contributed by atoms with E-state index in [1.807, 2.05) is 45.8 Å². The van der Waals surface area contributed by atoms with Crippen LogP contribution in [0.3, 0.4) is 0 Å². The van der Waals surface area contributed by atoms with Gasteiger partial charge < -0.3 is 20.5 Å². The molecular weight excluding hydrogens is 590 g/mol. The van der Waals surface area contributed by atoms with Crippen molar-refractivity contribution in [1.29, 1.82) is 0 Å². The summed E-state index contributed by atoms with van der Waals surface area (Å²) in [6, 6.07) is 8.14. The molecule has 0 radical (unpaired) electrons. The van der Waals surface area contributed by atoms with Gasteiger partial charge in [-0.15, -0.1) is 0 Å². The quantitative estimate of drug-likeness (QED) is 0.148. The number of carbonyl (C=O) groups excluding carboxylic acids is 1. The van der Waals surface area contributed by atoms with Crippen molar-refractivity contribution in [2.75, 3.05) is 37.8 Å². The maximum absolute atomic E-state index is 16.2. The Kier molecular flexibility index (Phi) is 8.17. The molecule has 6 aromatic rings. The molecule has 0 fully saturated rings. The highest BCUT2D eigenvalue weighted by Crippen LogP contribution is 2.35. The predicted octanol–water partition coefficient (Wildman–Crippen LogP) is 6.25. The molecule has 13 heteroatoms. The summed E-state index contributed by atoms with van der Waals surface area (Å²) in [6.45, 7) is 7.35. The maximum atomic E-state index is 16.2. The molecule has 1 aromatic carbocycles. The standard InChI is InChI=1S/C33H34F2N10O/c1-33(2,3)14-25(46)40-22-12-19(15-36-16-22)28-27(35)26-24(17-39-28)43-44-30(26)32-41-29-23(6-7-38-31(29)42-32)18-10-20(34)13-21(11-18)37-8-9-45(4)5/h6-7,10-13,15-17,37H,8-9,14H2,1-5H3,(H,40,46)(H,43,44)(H,38,41,42). The minimum absolute atomic E-state index is 0.0403. The van der Waals surface area contributed by atoms with Gasteiger partial charge in [-0.25, -0.2) is 18.7 Å². The lowest BCUT2D eigenvalue weighted by Gasteiger charge is -2.17. The van der Waals surface area contributed by atoms with Gasteiger partial charge in [0.05, 0.1) is 29.0 Å². The fourth-order valence-electron chi connectivity index (χ4n) is 5.20. The van der Waals surface area contributed by atoms with Crippen LogP contribution in [0.1, 0.15) is 27.2 Å². The van der Waals surface area contributed by atoms with Gasteiger partial charge >= 0.3 is 0 Å². The number of halogens is 2. The lowest BCUT2D eigenvalue weighted by atomic mass is 9.92. The zero-order valence-corrected chi connectivity index (χ0v) is 26.2. The van der Waals surface area contributed by atoms with Crippen LogP contribution in [0.4, 0.5) is 20.2 Å². The molecule has 0 bridgehead atoms. The second-order valence-electron chi connectivity index (χ2n) is 12.6. The Balaban J connectivity index is 1.36. The molecule has 0 saturated heterocycles. The van der Waals surface area contributed by atoms with Gasteiger partial charge in [-0.3, -0.25) is 19.9 Å². The first-order valence-electron chi connectivity index (χ1n) is 14.8. The van der Waals surface area contributed by atoms with Gasteiger partial charge in [0, 0.05) is 48.7 Å². The number of hydrogen-bond donors (Lipinski definition) is 4. The van der Waals surface area contributed by atoms with Crippen molar-refractivity contribution in [3.63, 3.8) is 0 Å². The summed E-state index contributed by atoms with van der Waals surface area (Å²) in [4.78, 5) is 35.4. The van der Waals surface area contributed by atoms with Gasteiger partial charge in [0.15, 0.2) is 17.3 Å². The van der Waals surface area contributed by atoms with E-state index in [1.54, 1.807) is 18.3 Å². The Bertz CT molecular complexity index is 2060. The van der Waals surface area contributed by atoms with Gasteiger partial charge in [-0.05, 0) is 55.4 Å². The summed E-state index contributed by atoms with van der Waals surface area (Å²) in [5.41, 5.74) is 4.10. The summed E-state index contributed by atoms with van der Waals surface area (Å²) in [5, 5.41) is 13.4. The van der Waals surface area contributed by atoms with Gasteiger partial charge in [0.25, 0.3) is 0 Å². The molecule has 4 N–H and O–H groups in total. The molecule has 0 aliphatic heterocycles. The number of amides is 1. The van der Waals surface area contributed by atoms with Crippen LogP contribution >= 0.6 is 0 Å².